The molecular weight excluding hydrogens is 478 g/mol. The summed E-state index contributed by atoms with van der Waals surface area (Å²) in [6.45, 7) is -0.794. The van der Waals surface area contributed by atoms with E-state index in [2.05, 4.69) is 15.0 Å². The zero-order valence-electron chi connectivity index (χ0n) is 17.0. The number of nitro groups is 1. The molecule has 0 bridgehead atoms. The quantitative estimate of drug-likeness (QED) is 0.219. The number of para-hydroxylation sites is 1. The highest BCUT2D eigenvalue weighted by molar-refractivity contribution is 7.85. The number of carbonyl (C=O) groups is 1. The van der Waals surface area contributed by atoms with E-state index in [0.29, 0.717) is 0 Å². The standard InChI is InChI=1S/C17H17N7O9S/c18-14-11-15(20-6-19-14)23(7-21-11)17-13(26)12(25)10(33-17)5-32-34(30,31)22-16(27)8-3-1-2-4-9(8)24(28)29/h1-4,6-7,10,12-13,17,25-26H,5H2,(H,22,27)(H2,18,19,20)/t10-,12-,13-,17-/m1/s1. The van der Waals surface area contributed by atoms with Crippen LogP contribution in [0.15, 0.2) is 36.9 Å². The van der Waals surface area contributed by atoms with E-state index >= 15 is 0 Å². The number of carbonyl (C=O) groups excluding carboxylic acids is 1. The van der Waals surface area contributed by atoms with E-state index in [1.54, 1.807) is 4.72 Å². The largest absolute Gasteiger partial charge is 0.387 e. The second kappa shape index (κ2) is 8.88. The molecule has 3 heterocycles. The van der Waals surface area contributed by atoms with Crippen molar-refractivity contribution in [2.75, 3.05) is 12.3 Å². The van der Waals surface area contributed by atoms with Gasteiger partial charge in [0.2, 0.25) is 0 Å². The van der Waals surface area contributed by atoms with Crippen LogP contribution in [0.4, 0.5) is 11.5 Å². The number of nitrogens with zero attached hydrogens (tertiary/aromatic N) is 5. The topological polar surface area (TPSA) is 235 Å². The molecule has 1 aliphatic rings. The van der Waals surface area contributed by atoms with Crippen molar-refractivity contribution in [3.8, 4) is 0 Å². The minimum absolute atomic E-state index is 0.0807. The zero-order chi connectivity index (χ0) is 24.6. The van der Waals surface area contributed by atoms with Crippen molar-refractivity contribution in [1.82, 2.24) is 24.2 Å². The van der Waals surface area contributed by atoms with Gasteiger partial charge in [-0.3, -0.25) is 23.7 Å². The molecule has 1 amide bonds. The highest BCUT2D eigenvalue weighted by atomic mass is 32.2. The predicted octanol–water partition coefficient (Wildman–Crippen LogP) is -1.37. The number of nitrogen functional groups attached to an aromatic ring is 1. The van der Waals surface area contributed by atoms with Gasteiger partial charge in [-0.1, -0.05) is 12.1 Å². The number of benzene rings is 1. The molecule has 16 nitrogen and oxygen atoms in total. The number of ether oxygens (including phenoxy) is 1. The molecule has 0 radical (unpaired) electrons. The minimum atomic E-state index is -4.76. The summed E-state index contributed by atoms with van der Waals surface area (Å²) in [4.78, 5) is 34.3. The van der Waals surface area contributed by atoms with E-state index in [4.69, 9.17) is 14.7 Å². The van der Waals surface area contributed by atoms with Crippen LogP contribution in [0.2, 0.25) is 0 Å². The van der Waals surface area contributed by atoms with Crippen molar-refractivity contribution >= 4 is 38.9 Å². The third kappa shape index (κ3) is 4.37. The summed E-state index contributed by atoms with van der Waals surface area (Å²) in [6, 6.07) is 4.73. The lowest BCUT2D eigenvalue weighted by Crippen LogP contribution is -2.38. The fraction of sp³-hybridized carbons (Fsp3) is 0.294. The molecule has 180 valence electrons. The van der Waals surface area contributed by atoms with E-state index in [1.165, 1.54) is 29.4 Å². The second-order valence-electron chi connectivity index (χ2n) is 7.07. The lowest BCUT2D eigenvalue weighted by molar-refractivity contribution is -0.385. The number of aromatic nitrogens is 4. The maximum atomic E-state index is 12.2. The van der Waals surface area contributed by atoms with Gasteiger partial charge in [0.25, 0.3) is 11.6 Å². The molecular formula is C17H17N7O9S. The van der Waals surface area contributed by atoms with Crippen molar-refractivity contribution in [2.45, 2.75) is 24.5 Å². The summed E-state index contributed by atoms with van der Waals surface area (Å²) in [6.07, 6.45) is -3.24. The summed E-state index contributed by atoms with van der Waals surface area (Å²) < 4.78 is 37.5. The molecule has 0 saturated carbocycles. The van der Waals surface area contributed by atoms with Crippen LogP contribution in [0, 0.1) is 10.1 Å². The van der Waals surface area contributed by atoms with Crippen molar-refractivity contribution in [3.05, 3.63) is 52.6 Å². The first-order chi connectivity index (χ1) is 16.1. The van der Waals surface area contributed by atoms with Crippen LogP contribution in [0.3, 0.4) is 0 Å². The average Bonchev–Trinajstić information content (AvgIpc) is 3.34. The van der Waals surface area contributed by atoms with Gasteiger partial charge < -0.3 is 20.7 Å². The van der Waals surface area contributed by atoms with Crippen LogP contribution in [-0.2, 0) is 19.2 Å². The zero-order valence-corrected chi connectivity index (χ0v) is 17.8. The van der Waals surface area contributed by atoms with Gasteiger partial charge in [0.15, 0.2) is 17.7 Å². The molecule has 1 fully saturated rings. The van der Waals surface area contributed by atoms with Gasteiger partial charge in [0, 0.05) is 6.07 Å². The number of nitrogens with one attached hydrogen (secondary N) is 1. The number of fused-ring (bicyclic) bond motifs is 1. The summed E-state index contributed by atoms with van der Waals surface area (Å²) >= 11 is 0. The van der Waals surface area contributed by atoms with Gasteiger partial charge in [-0.2, -0.15) is 8.42 Å². The molecule has 1 saturated heterocycles. The van der Waals surface area contributed by atoms with E-state index in [1.807, 2.05) is 0 Å². The van der Waals surface area contributed by atoms with E-state index < -0.39 is 63.5 Å². The van der Waals surface area contributed by atoms with Crippen LogP contribution in [-0.4, -0.2) is 73.9 Å². The van der Waals surface area contributed by atoms with Crippen LogP contribution in [0.1, 0.15) is 16.6 Å². The number of imidazole rings is 1. The highest BCUT2D eigenvalue weighted by Gasteiger charge is 2.45. The Hall–Kier alpha value is -3.77. The predicted molar refractivity (Wildman–Crippen MR) is 111 cm³/mol. The SMILES string of the molecule is Nc1ncnc2c1ncn2[C@@H]1O[C@H](COS(=O)(=O)NC(=O)c2ccccc2[N+](=O)[O-])[C@@H](O)[C@H]1O. The third-order valence-corrected chi connectivity index (χ3v) is 5.83. The molecule has 4 atom stereocenters. The number of nitro benzene ring substituents is 1. The third-order valence-electron chi connectivity index (χ3n) is 4.95. The lowest BCUT2D eigenvalue weighted by Gasteiger charge is -2.16. The number of aliphatic hydroxyl groups is 2. The minimum Gasteiger partial charge on any atom is -0.387 e. The molecule has 1 aromatic carbocycles. The molecule has 0 unspecified atom stereocenters. The monoisotopic (exact) mass is 495 g/mol. The van der Waals surface area contributed by atoms with E-state index in [-0.39, 0.29) is 17.0 Å². The molecule has 1 aliphatic heterocycles. The van der Waals surface area contributed by atoms with Crippen LogP contribution >= 0.6 is 0 Å². The number of hydrogen-bond donors (Lipinski definition) is 4. The van der Waals surface area contributed by atoms with Crippen molar-refractivity contribution in [1.29, 1.82) is 0 Å². The van der Waals surface area contributed by atoms with Gasteiger partial charge >= 0.3 is 10.3 Å². The Labute approximate surface area is 190 Å². The Morgan fingerprint density at radius 2 is 2.00 bits per heavy atom. The Balaban J connectivity index is 1.44. The number of hydrogen-bond acceptors (Lipinski definition) is 13. The number of aliphatic hydroxyl groups excluding tert-OH is 2. The smallest absolute Gasteiger partial charge is 0.362 e. The first-order valence-electron chi connectivity index (χ1n) is 9.48. The Morgan fingerprint density at radius 3 is 2.74 bits per heavy atom. The van der Waals surface area contributed by atoms with Crippen molar-refractivity contribution < 1.29 is 37.3 Å². The summed E-state index contributed by atoms with van der Waals surface area (Å²) in [5, 5.41) is 31.7. The van der Waals surface area contributed by atoms with E-state index in [0.717, 1.165) is 12.1 Å². The molecule has 3 aromatic rings. The van der Waals surface area contributed by atoms with Crippen molar-refractivity contribution in [3.63, 3.8) is 0 Å². The number of nitrogens with two attached hydrogens (primary N) is 1. The van der Waals surface area contributed by atoms with Crippen LogP contribution in [0.5, 0.6) is 0 Å². The Morgan fingerprint density at radius 1 is 1.26 bits per heavy atom. The normalized spacial score (nSPS) is 22.6. The molecule has 34 heavy (non-hydrogen) atoms. The fourth-order valence-electron chi connectivity index (χ4n) is 3.33. The number of anilines is 1. The van der Waals surface area contributed by atoms with Gasteiger partial charge in [-0.15, -0.1) is 0 Å². The highest BCUT2D eigenvalue weighted by Crippen LogP contribution is 2.32. The van der Waals surface area contributed by atoms with Gasteiger partial charge in [0.05, 0.1) is 17.9 Å². The summed E-state index contributed by atoms with van der Waals surface area (Å²) in [7, 11) is -4.76. The molecule has 0 spiro atoms. The first kappa shape index (κ1) is 23.4. The van der Waals surface area contributed by atoms with Crippen LogP contribution in [0.25, 0.3) is 11.2 Å². The summed E-state index contributed by atoms with van der Waals surface area (Å²) in [5.41, 5.74) is 5.05. The fourth-order valence-corrected chi connectivity index (χ4v) is 4.04. The molecule has 2 aromatic heterocycles. The summed E-state index contributed by atoms with van der Waals surface area (Å²) in [5.74, 6) is -1.21. The maximum Gasteiger partial charge on any atom is 0.362 e. The first-order valence-corrected chi connectivity index (χ1v) is 10.9. The van der Waals surface area contributed by atoms with Gasteiger partial charge in [-0.25, -0.2) is 19.7 Å². The number of rotatable bonds is 7. The molecule has 17 heteroatoms. The van der Waals surface area contributed by atoms with Crippen LogP contribution < -0.4 is 10.5 Å². The Kier molecular flexibility index (Phi) is 6.11. The average molecular weight is 495 g/mol. The molecule has 0 aliphatic carbocycles. The second-order valence-corrected chi connectivity index (χ2v) is 8.42. The lowest BCUT2D eigenvalue weighted by atomic mass is 10.1. The number of amides is 1. The van der Waals surface area contributed by atoms with E-state index in [9.17, 15) is 33.5 Å². The maximum absolute atomic E-state index is 12.2. The van der Waals surface area contributed by atoms with Crippen molar-refractivity contribution in [2.24, 2.45) is 0 Å². The van der Waals surface area contributed by atoms with Gasteiger partial charge in [-0.05, 0) is 6.07 Å². The van der Waals surface area contributed by atoms with Gasteiger partial charge in [0.1, 0.15) is 35.7 Å². The molecule has 5 N–H and O–H groups in total. The molecule has 4 rings (SSSR count). The Bertz CT molecular complexity index is 1360.